The number of nitrogens with zero attached hydrogens (tertiary/aromatic N) is 1. The maximum atomic E-state index is 2.58. The van der Waals surface area contributed by atoms with E-state index < -0.39 is 5.41 Å². The van der Waals surface area contributed by atoms with Crippen molar-refractivity contribution in [1.29, 1.82) is 0 Å². The number of benzene rings is 11. The lowest BCUT2D eigenvalue weighted by Crippen LogP contribution is -2.25. The highest BCUT2D eigenvalue weighted by molar-refractivity contribution is 6.02. The van der Waals surface area contributed by atoms with Crippen molar-refractivity contribution in [3.63, 3.8) is 0 Å². The van der Waals surface area contributed by atoms with Gasteiger partial charge in [-0.15, -0.1) is 0 Å². The van der Waals surface area contributed by atoms with E-state index in [2.05, 4.69) is 280 Å². The second-order valence-electron chi connectivity index (χ2n) is 19.9. The van der Waals surface area contributed by atoms with E-state index in [-0.39, 0.29) is 5.41 Å². The maximum absolute atomic E-state index is 2.58. The van der Waals surface area contributed by atoms with Gasteiger partial charge in [0, 0.05) is 22.2 Å². The largest absolute Gasteiger partial charge is 0.309 e. The zero-order chi connectivity index (χ0) is 47.3. The Bertz CT molecular complexity index is 3840. The molecule has 1 spiro atoms. The van der Waals surface area contributed by atoms with Gasteiger partial charge in [0.15, 0.2) is 0 Å². The van der Waals surface area contributed by atoms with E-state index in [0.717, 1.165) is 33.8 Å². The molecule has 0 aromatic heterocycles. The third-order valence-corrected chi connectivity index (χ3v) is 15.9. The Morgan fingerprint density at radius 3 is 1.32 bits per heavy atom. The summed E-state index contributed by atoms with van der Waals surface area (Å²) < 4.78 is 0. The molecular weight excluding hydrogens is 855 g/mol. The van der Waals surface area contributed by atoms with Gasteiger partial charge in [0.25, 0.3) is 0 Å². The smallest absolute Gasteiger partial charge is 0.0725 e. The Labute approximate surface area is 416 Å². The lowest BCUT2D eigenvalue weighted by molar-refractivity contribution is 0.660. The highest BCUT2D eigenvalue weighted by Crippen LogP contribution is 2.63. The Morgan fingerprint density at radius 2 is 0.704 bits per heavy atom. The Kier molecular flexibility index (Phi) is 9.22. The second-order valence-corrected chi connectivity index (χ2v) is 19.9. The molecular formula is C70H49N. The Morgan fingerprint density at radius 1 is 0.254 bits per heavy atom. The van der Waals surface area contributed by atoms with Crippen LogP contribution in [0.2, 0.25) is 0 Å². The summed E-state index contributed by atoms with van der Waals surface area (Å²) in [6.07, 6.45) is 0. The summed E-state index contributed by atoms with van der Waals surface area (Å²) in [6, 6.07) is 97.6. The van der Waals surface area contributed by atoms with Crippen LogP contribution >= 0.6 is 0 Å². The van der Waals surface area contributed by atoms with Crippen molar-refractivity contribution >= 4 is 17.1 Å². The van der Waals surface area contributed by atoms with Crippen LogP contribution in [0.1, 0.15) is 47.2 Å². The van der Waals surface area contributed by atoms with Crippen LogP contribution in [0.5, 0.6) is 0 Å². The van der Waals surface area contributed by atoms with Crippen molar-refractivity contribution in [2.24, 2.45) is 0 Å². The normalized spacial score (nSPS) is 13.7. The van der Waals surface area contributed by atoms with E-state index in [1.165, 1.54) is 94.6 Å². The lowest BCUT2D eigenvalue weighted by atomic mass is 9.70. The first kappa shape index (κ1) is 41.2. The molecule has 0 radical (unpaired) electrons. The molecule has 0 fully saturated rings. The fourth-order valence-corrected chi connectivity index (χ4v) is 12.8. The number of hydrogen-bond donors (Lipinski definition) is 0. The van der Waals surface area contributed by atoms with Gasteiger partial charge < -0.3 is 4.90 Å². The predicted octanol–water partition coefficient (Wildman–Crippen LogP) is 18.5. The molecule has 0 bridgehead atoms. The zero-order valence-electron chi connectivity index (χ0n) is 39.8. The molecule has 0 saturated heterocycles. The average Bonchev–Trinajstić information content (AvgIpc) is 4.00. The SMILES string of the molecule is CC1(C)c2ccccc2-c2ccc(N(c3cc(-c4ccccc4)ccc3-c3ccc4c(c3)C3(c5ccccc5-c5ccccc53)c3ccccc3-4)c3cccc(-c4ccccc4)c3-c3ccccc3)cc21. The van der Waals surface area contributed by atoms with E-state index in [4.69, 9.17) is 0 Å². The van der Waals surface area contributed by atoms with Gasteiger partial charge in [-0.05, 0) is 130 Å². The minimum atomic E-state index is -0.468. The molecule has 1 heteroatoms. The van der Waals surface area contributed by atoms with Crippen molar-refractivity contribution in [3.8, 4) is 77.9 Å². The van der Waals surface area contributed by atoms with Crippen molar-refractivity contribution < 1.29 is 0 Å². The minimum Gasteiger partial charge on any atom is -0.309 e. The first-order valence-corrected chi connectivity index (χ1v) is 24.9. The van der Waals surface area contributed by atoms with Crippen molar-refractivity contribution in [3.05, 3.63) is 294 Å². The molecule has 3 aliphatic rings. The van der Waals surface area contributed by atoms with Crippen LogP contribution in [0, 0.1) is 0 Å². The van der Waals surface area contributed by atoms with E-state index in [9.17, 15) is 0 Å². The van der Waals surface area contributed by atoms with Crippen LogP contribution in [0.25, 0.3) is 77.9 Å². The molecule has 0 amide bonds. The molecule has 3 aliphatic carbocycles. The summed E-state index contributed by atoms with van der Waals surface area (Å²) in [5.41, 5.74) is 27.9. The first-order chi connectivity index (χ1) is 35.0. The first-order valence-electron chi connectivity index (χ1n) is 24.9. The molecule has 334 valence electrons. The van der Waals surface area contributed by atoms with Gasteiger partial charge in [-0.3, -0.25) is 0 Å². The third kappa shape index (κ3) is 6.06. The molecule has 0 unspecified atom stereocenters. The van der Waals surface area contributed by atoms with E-state index >= 15 is 0 Å². The van der Waals surface area contributed by atoms with E-state index in [1.807, 2.05) is 0 Å². The molecule has 0 heterocycles. The monoisotopic (exact) mass is 903 g/mol. The molecule has 0 saturated carbocycles. The van der Waals surface area contributed by atoms with Crippen LogP contribution in [-0.2, 0) is 10.8 Å². The maximum Gasteiger partial charge on any atom is 0.0725 e. The molecule has 11 aromatic carbocycles. The summed E-state index contributed by atoms with van der Waals surface area (Å²) >= 11 is 0. The van der Waals surface area contributed by atoms with E-state index in [0.29, 0.717) is 0 Å². The molecule has 11 aromatic rings. The Balaban J connectivity index is 1.08. The quantitative estimate of drug-likeness (QED) is 0.154. The van der Waals surface area contributed by atoms with Gasteiger partial charge in [0.2, 0.25) is 0 Å². The van der Waals surface area contributed by atoms with Gasteiger partial charge in [-0.2, -0.15) is 0 Å². The highest BCUT2D eigenvalue weighted by Gasteiger charge is 2.51. The average molecular weight is 904 g/mol. The summed E-state index contributed by atoms with van der Waals surface area (Å²) in [5, 5.41) is 0. The highest BCUT2D eigenvalue weighted by atomic mass is 15.1. The van der Waals surface area contributed by atoms with Gasteiger partial charge in [-0.1, -0.05) is 244 Å². The summed E-state index contributed by atoms with van der Waals surface area (Å²) in [6.45, 7) is 4.77. The van der Waals surface area contributed by atoms with Crippen LogP contribution in [0.3, 0.4) is 0 Å². The standard InChI is InChI=1S/C70H49N/c1-69(2)60-32-16-12-27-54(60)58-42-39-51(45-64(58)69)71(66-36-20-31-53(47-23-8-4-9-24-47)68(66)48-25-10-5-11-26-48)67-44-49(46-21-6-3-7-22-46)37-40-52(67)50-38-41-59-57-30-15-19-35-63(57)70(65(59)43-50)61-33-17-13-28-55(61)56-29-14-18-34-62(56)70/h3-45H,1-2H3. The summed E-state index contributed by atoms with van der Waals surface area (Å²) in [7, 11) is 0. The fraction of sp³-hybridized carbons (Fsp3) is 0.0571. The Hall–Kier alpha value is -8.78. The van der Waals surface area contributed by atoms with Gasteiger partial charge in [-0.25, -0.2) is 0 Å². The summed E-state index contributed by atoms with van der Waals surface area (Å²) in [4.78, 5) is 2.58. The number of hydrogen-bond acceptors (Lipinski definition) is 1. The second kappa shape index (κ2) is 15.9. The number of fused-ring (bicyclic) bond motifs is 13. The number of anilines is 3. The topological polar surface area (TPSA) is 3.24 Å². The lowest BCUT2D eigenvalue weighted by Gasteiger charge is -2.33. The molecule has 14 rings (SSSR count). The van der Waals surface area contributed by atoms with Crippen molar-refractivity contribution in [2.75, 3.05) is 4.90 Å². The van der Waals surface area contributed by atoms with Crippen LogP contribution in [0.15, 0.2) is 261 Å². The van der Waals surface area contributed by atoms with Gasteiger partial charge >= 0.3 is 0 Å². The molecule has 71 heavy (non-hydrogen) atoms. The molecule has 1 nitrogen and oxygen atoms in total. The van der Waals surface area contributed by atoms with Crippen LogP contribution in [-0.4, -0.2) is 0 Å². The van der Waals surface area contributed by atoms with Gasteiger partial charge in [0.05, 0.1) is 16.8 Å². The third-order valence-electron chi connectivity index (χ3n) is 15.9. The van der Waals surface area contributed by atoms with Crippen molar-refractivity contribution in [2.45, 2.75) is 24.7 Å². The van der Waals surface area contributed by atoms with Gasteiger partial charge in [0.1, 0.15) is 0 Å². The van der Waals surface area contributed by atoms with Crippen LogP contribution in [0.4, 0.5) is 17.1 Å². The molecule has 0 aliphatic heterocycles. The zero-order valence-corrected chi connectivity index (χ0v) is 39.8. The summed E-state index contributed by atoms with van der Waals surface area (Å²) in [5.74, 6) is 0. The minimum absolute atomic E-state index is 0.201. The van der Waals surface area contributed by atoms with Crippen molar-refractivity contribution in [1.82, 2.24) is 0 Å². The fourth-order valence-electron chi connectivity index (χ4n) is 12.8. The van der Waals surface area contributed by atoms with Crippen LogP contribution < -0.4 is 4.90 Å². The number of rotatable bonds is 7. The van der Waals surface area contributed by atoms with E-state index in [1.54, 1.807) is 0 Å². The molecule has 0 atom stereocenters. The molecule has 0 N–H and O–H groups in total. The predicted molar refractivity (Wildman–Crippen MR) is 297 cm³/mol.